The van der Waals surface area contributed by atoms with Crippen molar-refractivity contribution in [3.8, 4) is 0 Å². The van der Waals surface area contributed by atoms with Crippen LogP contribution in [0.2, 0.25) is 0 Å². The molecule has 1 aromatic heterocycles. The Labute approximate surface area is 148 Å². The number of para-hydroxylation sites is 1. The van der Waals surface area contributed by atoms with Gasteiger partial charge in [0.1, 0.15) is 5.60 Å². The second-order valence-electron chi connectivity index (χ2n) is 7.85. The molecule has 2 aromatic rings. The van der Waals surface area contributed by atoms with Gasteiger partial charge in [-0.1, -0.05) is 25.1 Å². The molecule has 0 aliphatic carbocycles. The molecule has 0 bridgehead atoms. The van der Waals surface area contributed by atoms with E-state index in [4.69, 9.17) is 4.74 Å². The highest BCUT2D eigenvalue weighted by molar-refractivity contribution is 5.88. The molecular weight excluding hydrogens is 312 g/mol. The molecule has 2 saturated heterocycles. The zero-order valence-electron chi connectivity index (χ0n) is 14.9. The Morgan fingerprint density at radius 3 is 3.16 bits per heavy atom. The third kappa shape index (κ3) is 2.20. The molecule has 2 atom stereocenters. The molecule has 1 aromatic carbocycles. The molecule has 1 N–H and O–H groups in total. The first-order valence-corrected chi connectivity index (χ1v) is 9.78. The molecule has 4 heteroatoms. The van der Waals surface area contributed by atoms with Gasteiger partial charge in [0.2, 0.25) is 5.91 Å². The van der Waals surface area contributed by atoms with Gasteiger partial charge in [-0.2, -0.15) is 0 Å². The molecule has 3 aliphatic rings. The minimum absolute atomic E-state index is 0.226. The molecule has 0 radical (unpaired) electrons. The molecule has 2 fully saturated rings. The fraction of sp³-hybridized carbons (Fsp3) is 0.571. The number of aromatic nitrogens is 1. The number of aryl methyl sites for hydroxylation is 1. The number of piperidine rings is 2. The largest absolute Gasteiger partial charge is 0.368 e. The fourth-order valence-electron chi connectivity index (χ4n) is 5.35. The number of nitrogens with one attached hydrogen (secondary N) is 1. The third-order valence-corrected chi connectivity index (χ3v) is 6.61. The van der Waals surface area contributed by atoms with Crippen LogP contribution in [0.5, 0.6) is 0 Å². The molecule has 4 nitrogen and oxygen atoms in total. The van der Waals surface area contributed by atoms with Crippen LogP contribution in [0.3, 0.4) is 0 Å². The van der Waals surface area contributed by atoms with Gasteiger partial charge in [0.25, 0.3) is 0 Å². The van der Waals surface area contributed by atoms with E-state index in [9.17, 15) is 4.79 Å². The molecular formula is C21H26N2O2. The van der Waals surface area contributed by atoms with E-state index < -0.39 is 0 Å². The van der Waals surface area contributed by atoms with Crippen LogP contribution >= 0.6 is 0 Å². The minimum atomic E-state index is -0.226. The number of hydrogen-bond acceptors (Lipinski definition) is 2. The summed E-state index contributed by atoms with van der Waals surface area (Å²) in [6.45, 7) is 3.84. The van der Waals surface area contributed by atoms with Crippen molar-refractivity contribution in [3.63, 3.8) is 0 Å². The smallest absolute Gasteiger partial charge is 0.222 e. The topological polar surface area (TPSA) is 45.3 Å². The average molecular weight is 338 g/mol. The Balaban J connectivity index is 1.60. The summed E-state index contributed by atoms with van der Waals surface area (Å²) in [5.41, 5.74) is 5.20. The summed E-state index contributed by atoms with van der Waals surface area (Å²) in [6, 6.07) is 7.00. The molecule has 25 heavy (non-hydrogen) atoms. The van der Waals surface area contributed by atoms with Crippen LogP contribution in [0.4, 0.5) is 0 Å². The van der Waals surface area contributed by atoms with Gasteiger partial charge in [-0.15, -0.1) is 0 Å². The van der Waals surface area contributed by atoms with Crippen LogP contribution in [0.25, 0.3) is 10.9 Å². The summed E-state index contributed by atoms with van der Waals surface area (Å²) in [5.74, 6) is 0.340. The number of ether oxygens (including phenoxy) is 1. The van der Waals surface area contributed by atoms with Crippen LogP contribution < -0.4 is 0 Å². The maximum absolute atomic E-state index is 12.2. The first kappa shape index (κ1) is 15.4. The van der Waals surface area contributed by atoms with Gasteiger partial charge in [-0.3, -0.25) is 4.79 Å². The summed E-state index contributed by atoms with van der Waals surface area (Å²) < 4.78 is 6.45. The molecule has 1 amide bonds. The van der Waals surface area contributed by atoms with Crippen molar-refractivity contribution in [1.29, 1.82) is 0 Å². The van der Waals surface area contributed by atoms with E-state index in [0.29, 0.717) is 11.9 Å². The lowest BCUT2D eigenvalue weighted by molar-refractivity contribution is -0.153. The Kier molecular flexibility index (Phi) is 3.46. The maximum Gasteiger partial charge on any atom is 0.222 e. The minimum Gasteiger partial charge on any atom is -0.368 e. The van der Waals surface area contributed by atoms with Crippen molar-refractivity contribution in [3.05, 3.63) is 35.0 Å². The second kappa shape index (κ2) is 5.60. The molecule has 1 spiro atoms. The van der Waals surface area contributed by atoms with E-state index >= 15 is 0 Å². The third-order valence-electron chi connectivity index (χ3n) is 6.61. The number of carbonyl (C=O) groups is 1. The lowest BCUT2D eigenvalue weighted by Gasteiger charge is -2.49. The summed E-state index contributed by atoms with van der Waals surface area (Å²) in [7, 11) is 0. The highest BCUT2D eigenvalue weighted by Crippen LogP contribution is 2.47. The van der Waals surface area contributed by atoms with Crippen LogP contribution in [-0.4, -0.2) is 35.0 Å². The Hall–Kier alpha value is -1.81. The predicted octanol–water partition coefficient (Wildman–Crippen LogP) is 3.67. The highest BCUT2D eigenvalue weighted by Gasteiger charge is 2.48. The quantitative estimate of drug-likeness (QED) is 0.862. The monoisotopic (exact) mass is 338 g/mol. The van der Waals surface area contributed by atoms with E-state index in [1.807, 2.05) is 0 Å². The number of rotatable bonds is 1. The van der Waals surface area contributed by atoms with E-state index in [2.05, 4.69) is 35.0 Å². The van der Waals surface area contributed by atoms with Crippen LogP contribution in [0.15, 0.2) is 18.2 Å². The van der Waals surface area contributed by atoms with Gasteiger partial charge in [-0.05, 0) is 43.2 Å². The van der Waals surface area contributed by atoms with Crippen molar-refractivity contribution < 1.29 is 9.53 Å². The van der Waals surface area contributed by atoms with Gasteiger partial charge in [0, 0.05) is 36.3 Å². The highest BCUT2D eigenvalue weighted by atomic mass is 16.5. The normalized spacial score (nSPS) is 29.1. The van der Waals surface area contributed by atoms with Gasteiger partial charge in [0.05, 0.1) is 12.3 Å². The zero-order valence-corrected chi connectivity index (χ0v) is 14.9. The first-order valence-electron chi connectivity index (χ1n) is 9.78. The zero-order chi connectivity index (χ0) is 17.0. The number of benzene rings is 1. The molecule has 2 unspecified atom stereocenters. The number of aromatic amines is 1. The van der Waals surface area contributed by atoms with Crippen molar-refractivity contribution in [2.75, 3.05) is 13.2 Å². The lowest BCUT2D eigenvalue weighted by Crippen LogP contribution is -2.55. The van der Waals surface area contributed by atoms with E-state index in [1.54, 1.807) is 0 Å². The van der Waals surface area contributed by atoms with Crippen molar-refractivity contribution in [2.45, 2.75) is 63.5 Å². The number of hydrogen-bond donors (Lipinski definition) is 1. The van der Waals surface area contributed by atoms with Crippen LogP contribution in [0, 0.1) is 0 Å². The molecule has 4 heterocycles. The average Bonchev–Trinajstić information content (AvgIpc) is 3.02. The van der Waals surface area contributed by atoms with Crippen molar-refractivity contribution in [2.24, 2.45) is 0 Å². The summed E-state index contributed by atoms with van der Waals surface area (Å²) >= 11 is 0. The number of H-pyrrole nitrogens is 1. The Morgan fingerprint density at radius 1 is 1.36 bits per heavy atom. The summed E-state index contributed by atoms with van der Waals surface area (Å²) in [5, 5.41) is 1.37. The van der Waals surface area contributed by atoms with Crippen molar-refractivity contribution >= 4 is 16.8 Å². The maximum atomic E-state index is 12.2. The molecule has 5 rings (SSSR count). The predicted molar refractivity (Wildman–Crippen MR) is 97.6 cm³/mol. The molecule has 132 valence electrons. The Morgan fingerprint density at radius 2 is 2.28 bits per heavy atom. The van der Waals surface area contributed by atoms with Crippen molar-refractivity contribution in [1.82, 2.24) is 9.88 Å². The SMILES string of the molecule is CCc1cccc2c3c([nH]c12)C1(CCN2C(=O)CCCC2C1)OCC3. The number of carbonyl (C=O) groups excluding carboxylic acids is 1. The van der Waals surface area contributed by atoms with Crippen LogP contribution in [0.1, 0.15) is 55.8 Å². The molecule has 0 saturated carbocycles. The number of amides is 1. The van der Waals surface area contributed by atoms with Gasteiger partial charge in [0.15, 0.2) is 0 Å². The number of fused-ring (bicyclic) bond motifs is 5. The molecule has 3 aliphatic heterocycles. The first-order chi connectivity index (χ1) is 12.2. The van der Waals surface area contributed by atoms with Gasteiger partial charge < -0.3 is 14.6 Å². The fourth-order valence-corrected chi connectivity index (χ4v) is 5.35. The van der Waals surface area contributed by atoms with E-state index in [0.717, 1.165) is 58.1 Å². The second-order valence-corrected chi connectivity index (χ2v) is 7.85. The van der Waals surface area contributed by atoms with E-state index in [-0.39, 0.29) is 5.60 Å². The van der Waals surface area contributed by atoms with Gasteiger partial charge in [-0.25, -0.2) is 0 Å². The van der Waals surface area contributed by atoms with Gasteiger partial charge >= 0.3 is 0 Å². The lowest BCUT2D eigenvalue weighted by atomic mass is 9.77. The summed E-state index contributed by atoms with van der Waals surface area (Å²) in [6.07, 6.45) is 6.74. The van der Waals surface area contributed by atoms with Crippen LogP contribution in [-0.2, 0) is 28.0 Å². The van der Waals surface area contributed by atoms with E-state index in [1.165, 1.54) is 27.7 Å². The summed E-state index contributed by atoms with van der Waals surface area (Å²) in [4.78, 5) is 18.1. The standard InChI is InChI=1S/C21H26N2O2/c1-2-14-5-3-7-16-17-9-12-25-21(20(17)22-19(14)16)10-11-23-15(13-21)6-4-8-18(23)24/h3,5,7,15,22H,2,4,6,8-13H2,1H3. The number of nitrogens with zero attached hydrogens (tertiary/aromatic N) is 1. The Bertz CT molecular complexity index is 840.